The van der Waals surface area contributed by atoms with Gasteiger partial charge in [0.15, 0.2) is 0 Å². The summed E-state index contributed by atoms with van der Waals surface area (Å²) in [5.41, 5.74) is 0. The number of fused-ring (bicyclic) bond motifs is 1. The second kappa shape index (κ2) is 4.94. The van der Waals surface area contributed by atoms with Crippen molar-refractivity contribution in [3.63, 3.8) is 0 Å². The number of likely N-dealkylation sites (tertiary alicyclic amines) is 1. The average molecular weight is 237 g/mol. The highest BCUT2D eigenvalue weighted by atomic mass is 16.1. The van der Waals surface area contributed by atoms with Gasteiger partial charge in [-0.3, -0.25) is 9.69 Å². The monoisotopic (exact) mass is 237 g/mol. The molecule has 4 nitrogen and oxygen atoms in total. The first-order chi connectivity index (χ1) is 8.33. The van der Waals surface area contributed by atoms with E-state index >= 15 is 0 Å². The molecule has 1 amide bonds. The SMILES string of the molecule is O=C1CCC2CN(C3CCCNC3)CCC2N1. The Kier molecular flexibility index (Phi) is 3.34. The van der Waals surface area contributed by atoms with Gasteiger partial charge in [-0.2, -0.15) is 0 Å². The van der Waals surface area contributed by atoms with Crippen LogP contribution in [0, 0.1) is 5.92 Å². The third kappa shape index (κ3) is 2.47. The normalized spacial score (nSPS) is 39.5. The summed E-state index contributed by atoms with van der Waals surface area (Å²) < 4.78 is 0. The minimum atomic E-state index is 0.263. The first-order valence-corrected chi connectivity index (χ1v) is 7.07. The zero-order valence-corrected chi connectivity index (χ0v) is 10.5. The van der Waals surface area contributed by atoms with Crippen molar-refractivity contribution in [3.8, 4) is 0 Å². The van der Waals surface area contributed by atoms with Gasteiger partial charge in [0.05, 0.1) is 0 Å². The maximum Gasteiger partial charge on any atom is 0.220 e. The average Bonchev–Trinajstić information content (AvgIpc) is 2.39. The molecular weight excluding hydrogens is 214 g/mol. The van der Waals surface area contributed by atoms with Crippen LogP contribution < -0.4 is 10.6 Å². The molecule has 3 rings (SSSR count). The molecule has 0 spiro atoms. The Hall–Kier alpha value is -0.610. The van der Waals surface area contributed by atoms with Gasteiger partial charge in [0.1, 0.15) is 0 Å². The molecule has 0 aromatic carbocycles. The van der Waals surface area contributed by atoms with Gasteiger partial charge in [-0.15, -0.1) is 0 Å². The van der Waals surface area contributed by atoms with E-state index in [1.807, 2.05) is 0 Å². The molecule has 3 atom stereocenters. The van der Waals surface area contributed by atoms with E-state index < -0.39 is 0 Å². The van der Waals surface area contributed by atoms with Crippen LogP contribution in [0.4, 0.5) is 0 Å². The van der Waals surface area contributed by atoms with Crippen LogP contribution in [0.25, 0.3) is 0 Å². The summed E-state index contributed by atoms with van der Waals surface area (Å²) in [4.78, 5) is 14.0. The number of carbonyl (C=O) groups is 1. The quantitative estimate of drug-likeness (QED) is 0.691. The number of hydrogen-bond acceptors (Lipinski definition) is 3. The molecule has 3 heterocycles. The van der Waals surface area contributed by atoms with E-state index in [0.717, 1.165) is 38.4 Å². The van der Waals surface area contributed by atoms with Crippen LogP contribution >= 0.6 is 0 Å². The van der Waals surface area contributed by atoms with Crippen LogP contribution in [0.5, 0.6) is 0 Å². The molecule has 0 aromatic heterocycles. The van der Waals surface area contributed by atoms with Crippen LogP contribution in [0.1, 0.15) is 32.1 Å². The molecule has 96 valence electrons. The zero-order chi connectivity index (χ0) is 11.7. The van der Waals surface area contributed by atoms with Crippen LogP contribution in [-0.4, -0.2) is 49.1 Å². The van der Waals surface area contributed by atoms with Crippen molar-refractivity contribution in [3.05, 3.63) is 0 Å². The fourth-order valence-electron chi connectivity index (χ4n) is 3.62. The fraction of sp³-hybridized carbons (Fsp3) is 0.923. The molecule has 0 aliphatic carbocycles. The highest BCUT2D eigenvalue weighted by Gasteiger charge is 2.35. The second-order valence-corrected chi connectivity index (χ2v) is 5.76. The summed E-state index contributed by atoms with van der Waals surface area (Å²) in [5.74, 6) is 0.961. The minimum Gasteiger partial charge on any atom is -0.353 e. The van der Waals surface area contributed by atoms with E-state index in [0.29, 0.717) is 12.0 Å². The number of carbonyl (C=O) groups excluding carboxylic acids is 1. The molecular formula is C13H23N3O. The van der Waals surface area contributed by atoms with Gasteiger partial charge >= 0.3 is 0 Å². The van der Waals surface area contributed by atoms with Gasteiger partial charge < -0.3 is 10.6 Å². The Bertz CT molecular complexity index is 288. The lowest BCUT2D eigenvalue weighted by atomic mass is 9.84. The molecule has 4 heteroatoms. The number of hydrogen-bond donors (Lipinski definition) is 2. The maximum atomic E-state index is 11.4. The third-order valence-corrected chi connectivity index (χ3v) is 4.64. The standard InChI is InChI=1S/C13H23N3O/c17-13-4-3-10-9-16(7-5-12(10)15-13)11-2-1-6-14-8-11/h10-12,14H,1-9H2,(H,15,17). The van der Waals surface area contributed by atoms with E-state index in [2.05, 4.69) is 15.5 Å². The Morgan fingerprint density at radius 2 is 2.18 bits per heavy atom. The molecule has 0 aromatic rings. The van der Waals surface area contributed by atoms with Gasteiger partial charge in [-0.25, -0.2) is 0 Å². The molecule has 3 aliphatic heterocycles. The number of piperidine rings is 3. The van der Waals surface area contributed by atoms with Gasteiger partial charge in [-0.1, -0.05) is 0 Å². The first-order valence-electron chi connectivity index (χ1n) is 7.07. The van der Waals surface area contributed by atoms with E-state index in [4.69, 9.17) is 0 Å². The van der Waals surface area contributed by atoms with E-state index in [1.54, 1.807) is 0 Å². The Morgan fingerprint density at radius 1 is 1.24 bits per heavy atom. The summed E-state index contributed by atoms with van der Waals surface area (Å²) in [6.07, 6.45) is 5.63. The van der Waals surface area contributed by atoms with Crippen molar-refractivity contribution < 1.29 is 4.79 Å². The highest BCUT2D eigenvalue weighted by molar-refractivity contribution is 5.77. The minimum absolute atomic E-state index is 0.263. The van der Waals surface area contributed by atoms with Crippen LogP contribution in [0.3, 0.4) is 0 Å². The van der Waals surface area contributed by atoms with Gasteiger partial charge in [-0.05, 0) is 38.1 Å². The number of nitrogens with zero attached hydrogens (tertiary/aromatic N) is 1. The summed E-state index contributed by atoms with van der Waals surface area (Å²) in [6, 6.07) is 1.20. The van der Waals surface area contributed by atoms with E-state index in [1.165, 1.54) is 25.9 Å². The molecule has 0 radical (unpaired) electrons. The van der Waals surface area contributed by atoms with Gasteiger partial charge in [0.2, 0.25) is 5.91 Å². The van der Waals surface area contributed by atoms with Crippen molar-refractivity contribution in [1.29, 1.82) is 0 Å². The largest absolute Gasteiger partial charge is 0.353 e. The molecule has 17 heavy (non-hydrogen) atoms. The third-order valence-electron chi connectivity index (χ3n) is 4.64. The molecule has 0 saturated carbocycles. The van der Waals surface area contributed by atoms with E-state index in [9.17, 15) is 4.79 Å². The number of rotatable bonds is 1. The maximum absolute atomic E-state index is 11.4. The first kappa shape index (κ1) is 11.5. The molecule has 3 fully saturated rings. The van der Waals surface area contributed by atoms with Crippen LogP contribution in [0.15, 0.2) is 0 Å². The predicted octanol–water partition coefficient (Wildman–Crippen LogP) is 0.339. The lowest BCUT2D eigenvalue weighted by molar-refractivity contribution is -0.125. The molecule has 3 saturated heterocycles. The molecule has 3 aliphatic rings. The Morgan fingerprint density at radius 3 is 3.00 bits per heavy atom. The van der Waals surface area contributed by atoms with Crippen molar-refractivity contribution in [2.45, 2.75) is 44.2 Å². The van der Waals surface area contributed by atoms with Gasteiger partial charge in [0, 0.05) is 38.1 Å². The van der Waals surface area contributed by atoms with Crippen LogP contribution in [-0.2, 0) is 4.79 Å². The van der Waals surface area contributed by atoms with Crippen molar-refractivity contribution in [1.82, 2.24) is 15.5 Å². The van der Waals surface area contributed by atoms with Gasteiger partial charge in [0.25, 0.3) is 0 Å². The Balaban J connectivity index is 1.58. The summed E-state index contributed by atoms with van der Waals surface area (Å²) in [5, 5.41) is 6.66. The van der Waals surface area contributed by atoms with Crippen molar-refractivity contribution in [2.24, 2.45) is 5.92 Å². The lowest BCUT2D eigenvalue weighted by Gasteiger charge is -2.45. The summed E-state index contributed by atoms with van der Waals surface area (Å²) in [7, 11) is 0. The number of nitrogens with one attached hydrogen (secondary N) is 2. The summed E-state index contributed by atoms with van der Waals surface area (Å²) >= 11 is 0. The molecule has 2 N–H and O–H groups in total. The van der Waals surface area contributed by atoms with Crippen LogP contribution in [0.2, 0.25) is 0 Å². The number of amides is 1. The molecule has 3 unspecified atom stereocenters. The van der Waals surface area contributed by atoms with E-state index in [-0.39, 0.29) is 5.91 Å². The van der Waals surface area contributed by atoms with Crippen molar-refractivity contribution in [2.75, 3.05) is 26.2 Å². The Labute approximate surface area is 103 Å². The smallest absolute Gasteiger partial charge is 0.220 e. The van der Waals surface area contributed by atoms with Crippen molar-refractivity contribution >= 4 is 5.91 Å². The summed E-state index contributed by atoms with van der Waals surface area (Å²) in [6.45, 7) is 4.70. The predicted molar refractivity (Wildman–Crippen MR) is 66.7 cm³/mol. The zero-order valence-electron chi connectivity index (χ0n) is 10.5. The topological polar surface area (TPSA) is 44.4 Å². The molecule has 0 bridgehead atoms. The lowest BCUT2D eigenvalue weighted by Crippen LogP contribution is -2.57. The fourth-order valence-corrected chi connectivity index (χ4v) is 3.62. The second-order valence-electron chi connectivity index (χ2n) is 5.76. The highest BCUT2D eigenvalue weighted by Crippen LogP contribution is 2.27.